The van der Waals surface area contributed by atoms with E-state index < -0.39 is 5.69 Å². The largest absolute Gasteiger partial charge is 0.335 e. The Morgan fingerprint density at radius 3 is 2.58 bits per heavy atom. The molecule has 3 heterocycles. The molecule has 0 bridgehead atoms. The Morgan fingerprint density at radius 1 is 1.05 bits per heavy atom. The van der Waals surface area contributed by atoms with Gasteiger partial charge in [-0.1, -0.05) is 0 Å². The highest BCUT2D eigenvalue weighted by Gasteiger charge is 2.11. The molecule has 0 aliphatic rings. The van der Waals surface area contributed by atoms with Crippen LogP contribution < -0.4 is 11.2 Å². The van der Waals surface area contributed by atoms with E-state index >= 15 is 0 Å². The van der Waals surface area contributed by atoms with Gasteiger partial charge < -0.3 is 0 Å². The normalized spacial score (nSPS) is 10.8. The molecule has 0 aliphatic heterocycles. The molecule has 19 heavy (non-hydrogen) atoms. The van der Waals surface area contributed by atoms with Crippen molar-refractivity contribution in [1.29, 1.82) is 0 Å². The summed E-state index contributed by atoms with van der Waals surface area (Å²) in [5.41, 5.74) is 0.177. The van der Waals surface area contributed by atoms with Gasteiger partial charge in [0, 0.05) is 19.4 Å². The molecule has 0 aromatic carbocycles. The first-order chi connectivity index (χ1) is 9.20. The zero-order valence-corrected chi connectivity index (χ0v) is 10.1. The van der Waals surface area contributed by atoms with E-state index in [2.05, 4.69) is 9.97 Å². The van der Waals surface area contributed by atoms with Crippen molar-refractivity contribution in [2.24, 2.45) is 7.05 Å². The Balaban J connectivity index is 2.52. The first kappa shape index (κ1) is 11.3. The van der Waals surface area contributed by atoms with E-state index in [1.54, 1.807) is 31.4 Å². The summed E-state index contributed by atoms with van der Waals surface area (Å²) in [5, 5.41) is 0.445. The number of fused-ring (bicyclic) bond motifs is 1. The van der Waals surface area contributed by atoms with Crippen molar-refractivity contribution in [3.8, 4) is 5.69 Å². The summed E-state index contributed by atoms with van der Waals surface area (Å²) in [6.45, 7) is 0. The Bertz CT molecular complexity index is 865. The molecule has 0 radical (unpaired) electrons. The van der Waals surface area contributed by atoms with E-state index in [-0.39, 0.29) is 5.56 Å². The Morgan fingerprint density at radius 2 is 1.84 bits per heavy atom. The van der Waals surface area contributed by atoms with E-state index in [0.717, 1.165) is 4.57 Å². The van der Waals surface area contributed by atoms with Crippen molar-refractivity contribution < 1.29 is 0 Å². The molecule has 0 spiro atoms. The molecule has 3 aromatic heterocycles. The lowest BCUT2D eigenvalue weighted by Gasteiger charge is -2.09. The lowest BCUT2D eigenvalue weighted by molar-refractivity contribution is 0.770. The first-order valence-corrected chi connectivity index (χ1v) is 5.66. The fraction of sp³-hybridized carbons (Fsp3) is 0.0769. The third-order valence-electron chi connectivity index (χ3n) is 2.98. The highest BCUT2D eigenvalue weighted by Crippen LogP contribution is 2.06. The van der Waals surface area contributed by atoms with Gasteiger partial charge >= 0.3 is 5.69 Å². The van der Waals surface area contributed by atoms with E-state index in [0.29, 0.717) is 16.6 Å². The number of hydrogen-bond donors (Lipinski definition) is 0. The standard InChI is InChI=1S/C13H10N4O2/c1-16-11-8-15-6-4-10(11)12(18)17(13(16)19)9-3-2-5-14-7-9/h2-8H,1H3. The van der Waals surface area contributed by atoms with Crippen molar-refractivity contribution >= 4 is 10.9 Å². The molecule has 0 saturated heterocycles. The van der Waals surface area contributed by atoms with Crippen LogP contribution in [0.3, 0.4) is 0 Å². The summed E-state index contributed by atoms with van der Waals surface area (Å²) in [6.07, 6.45) is 6.10. The van der Waals surface area contributed by atoms with Crippen LogP contribution in [-0.2, 0) is 7.05 Å². The molecule has 0 saturated carbocycles. The summed E-state index contributed by atoms with van der Waals surface area (Å²) in [5.74, 6) is 0. The quantitative estimate of drug-likeness (QED) is 0.633. The van der Waals surface area contributed by atoms with E-state index in [1.165, 1.54) is 23.2 Å². The summed E-state index contributed by atoms with van der Waals surface area (Å²) in [6, 6.07) is 4.95. The molecule has 0 atom stereocenters. The van der Waals surface area contributed by atoms with Crippen LogP contribution in [0.4, 0.5) is 0 Å². The van der Waals surface area contributed by atoms with Gasteiger partial charge in [-0.25, -0.2) is 9.36 Å². The number of nitrogens with zero attached hydrogens (tertiary/aromatic N) is 4. The summed E-state index contributed by atoms with van der Waals surface area (Å²) in [4.78, 5) is 32.5. The first-order valence-electron chi connectivity index (χ1n) is 5.66. The molecule has 94 valence electrons. The molecule has 6 nitrogen and oxygen atoms in total. The van der Waals surface area contributed by atoms with Crippen LogP contribution in [0.1, 0.15) is 0 Å². The Labute approximate surface area is 107 Å². The maximum absolute atomic E-state index is 12.4. The highest BCUT2D eigenvalue weighted by atomic mass is 16.2. The van der Waals surface area contributed by atoms with Gasteiger partial charge in [0.25, 0.3) is 5.56 Å². The molecule has 0 aliphatic carbocycles. The lowest BCUT2D eigenvalue weighted by Crippen LogP contribution is -2.37. The maximum atomic E-state index is 12.4. The van der Waals surface area contributed by atoms with Crippen LogP contribution in [0.2, 0.25) is 0 Å². The van der Waals surface area contributed by atoms with Crippen LogP contribution in [-0.4, -0.2) is 19.1 Å². The minimum Gasteiger partial charge on any atom is -0.294 e. The fourth-order valence-corrected chi connectivity index (χ4v) is 2.01. The van der Waals surface area contributed by atoms with Gasteiger partial charge in [-0.2, -0.15) is 0 Å². The van der Waals surface area contributed by atoms with Gasteiger partial charge in [0.2, 0.25) is 0 Å². The molecule has 0 amide bonds. The molecular formula is C13H10N4O2. The van der Waals surface area contributed by atoms with Crippen molar-refractivity contribution in [2.45, 2.75) is 0 Å². The van der Waals surface area contributed by atoms with E-state index in [9.17, 15) is 9.59 Å². The SMILES string of the molecule is Cn1c(=O)n(-c2cccnc2)c(=O)c2ccncc21. The predicted molar refractivity (Wildman–Crippen MR) is 70.4 cm³/mol. The van der Waals surface area contributed by atoms with Crippen molar-refractivity contribution in [1.82, 2.24) is 19.1 Å². The van der Waals surface area contributed by atoms with Gasteiger partial charge in [0.15, 0.2) is 0 Å². The van der Waals surface area contributed by atoms with Gasteiger partial charge in [0.1, 0.15) is 0 Å². The fourth-order valence-electron chi connectivity index (χ4n) is 2.01. The van der Waals surface area contributed by atoms with E-state index in [4.69, 9.17) is 0 Å². The molecule has 6 heteroatoms. The number of hydrogen-bond acceptors (Lipinski definition) is 4. The van der Waals surface area contributed by atoms with Gasteiger partial charge in [-0.3, -0.25) is 19.3 Å². The third kappa shape index (κ3) is 1.65. The number of aryl methyl sites for hydroxylation is 1. The van der Waals surface area contributed by atoms with Crippen molar-refractivity contribution in [2.75, 3.05) is 0 Å². The zero-order valence-electron chi connectivity index (χ0n) is 10.1. The minimum absolute atomic E-state index is 0.367. The van der Waals surface area contributed by atoms with Gasteiger partial charge in [0.05, 0.1) is 29.0 Å². The monoisotopic (exact) mass is 254 g/mol. The van der Waals surface area contributed by atoms with Crippen LogP contribution >= 0.6 is 0 Å². The zero-order chi connectivity index (χ0) is 13.4. The minimum atomic E-state index is -0.418. The summed E-state index contributed by atoms with van der Waals surface area (Å²) >= 11 is 0. The number of pyridine rings is 2. The Kier molecular flexibility index (Phi) is 2.49. The van der Waals surface area contributed by atoms with Crippen LogP contribution in [0.25, 0.3) is 16.6 Å². The smallest absolute Gasteiger partial charge is 0.294 e. The molecular weight excluding hydrogens is 244 g/mol. The lowest BCUT2D eigenvalue weighted by atomic mass is 10.3. The average molecular weight is 254 g/mol. The second-order valence-corrected chi connectivity index (χ2v) is 4.09. The van der Waals surface area contributed by atoms with Crippen LogP contribution in [0.5, 0.6) is 0 Å². The van der Waals surface area contributed by atoms with E-state index in [1.807, 2.05) is 0 Å². The predicted octanol–water partition coefficient (Wildman–Crippen LogP) is 0.479. The van der Waals surface area contributed by atoms with Gasteiger partial charge in [-0.15, -0.1) is 0 Å². The number of rotatable bonds is 1. The molecule has 0 unspecified atom stereocenters. The van der Waals surface area contributed by atoms with Crippen LogP contribution in [0, 0.1) is 0 Å². The maximum Gasteiger partial charge on any atom is 0.335 e. The highest BCUT2D eigenvalue weighted by molar-refractivity contribution is 5.76. The van der Waals surface area contributed by atoms with Gasteiger partial charge in [-0.05, 0) is 18.2 Å². The second-order valence-electron chi connectivity index (χ2n) is 4.09. The molecule has 3 rings (SSSR count). The van der Waals surface area contributed by atoms with Crippen molar-refractivity contribution in [3.05, 3.63) is 63.8 Å². The third-order valence-corrected chi connectivity index (χ3v) is 2.98. The summed E-state index contributed by atoms with van der Waals surface area (Å²) < 4.78 is 2.51. The Hall–Kier alpha value is -2.76. The molecule has 0 fully saturated rings. The summed E-state index contributed by atoms with van der Waals surface area (Å²) in [7, 11) is 1.61. The molecule has 3 aromatic rings. The molecule has 0 N–H and O–H groups in total. The topological polar surface area (TPSA) is 69.8 Å². The second kappa shape index (κ2) is 4.16. The van der Waals surface area contributed by atoms with Crippen molar-refractivity contribution in [3.63, 3.8) is 0 Å². The van der Waals surface area contributed by atoms with Crippen LogP contribution in [0.15, 0.2) is 52.6 Å². The average Bonchev–Trinajstić information content (AvgIpc) is 2.46. The number of aromatic nitrogens is 4.